The molecule has 0 unspecified atom stereocenters. The molecule has 0 fully saturated rings. The zero-order valence-electron chi connectivity index (χ0n) is 9.18. The summed E-state index contributed by atoms with van der Waals surface area (Å²) in [6, 6.07) is 0. The Labute approximate surface area is 76.9 Å². The Morgan fingerprint density at radius 1 is 1.17 bits per heavy atom. The van der Waals surface area contributed by atoms with Gasteiger partial charge in [0.25, 0.3) is 0 Å². The maximum atomic E-state index is 5.42. The topological polar surface area (TPSA) is 12.5 Å². The molecule has 0 saturated carbocycles. The van der Waals surface area contributed by atoms with Crippen molar-refractivity contribution in [3.63, 3.8) is 0 Å². The summed E-state index contributed by atoms with van der Waals surface area (Å²) in [6.07, 6.45) is 2.40. The van der Waals surface area contributed by atoms with Crippen molar-refractivity contribution in [2.45, 2.75) is 33.6 Å². The molecule has 0 aromatic heterocycles. The minimum Gasteiger partial charge on any atom is -0.366 e. The summed E-state index contributed by atoms with van der Waals surface area (Å²) >= 11 is 0. The second kappa shape index (κ2) is 5.55. The molecule has 0 radical (unpaired) electrons. The van der Waals surface area contributed by atoms with Crippen molar-refractivity contribution in [1.82, 2.24) is 4.90 Å². The maximum Gasteiger partial charge on any atom is 0.0985 e. The largest absolute Gasteiger partial charge is 0.366 e. The van der Waals surface area contributed by atoms with E-state index in [1.165, 1.54) is 6.42 Å². The predicted octanol–water partition coefficient (Wildman–Crippen LogP) is 2.35. The van der Waals surface area contributed by atoms with Crippen LogP contribution in [-0.2, 0) is 4.74 Å². The van der Waals surface area contributed by atoms with Gasteiger partial charge in [-0.05, 0) is 32.4 Å². The molecule has 0 aromatic carbocycles. The molecule has 74 valence electrons. The smallest absolute Gasteiger partial charge is 0.0985 e. The van der Waals surface area contributed by atoms with E-state index in [1.54, 1.807) is 0 Å². The standard InChI is InChI=1S/C10H23NO/c1-10(2,3)7-6-8-12-9-11(4)5/h6-9H2,1-5H3. The highest BCUT2D eigenvalue weighted by Crippen LogP contribution is 2.20. The van der Waals surface area contributed by atoms with Crippen LogP contribution in [0.25, 0.3) is 0 Å². The second-order valence-electron chi connectivity index (χ2n) is 4.78. The van der Waals surface area contributed by atoms with Crippen LogP contribution in [0.4, 0.5) is 0 Å². The zero-order chi connectivity index (χ0) is 9.61. The molecule has 0 N–H and O–H groups in total. The van der Waals surface area contributed by atoms with Gasteiger partial charge in [-0.25, -0.2) is 0 Å². The van der Waals surface area contributed by atoms with E-state index in [-0.39, 0.29) is 0 Å². The zero-order valence-corrected chi connectivity index (χ0v) is 9.18. The van der Waals surface area contributed by atoms with Crippen LogP contribution in [0.3, 0.4) is 0 Å². The summed E-state index contributed by atoms with van der Waals surface area (Å²) in [5.41, 5.74) is 0.446. The molecule has 0 aromatic rings. The van der Waals surface area contributed by atoms with E-state index in [1.807, 2.05) is 19.0 Å². The van der Waals surface area contributed by atoms with Gasteiger partial charge in [0.2, 0.25) is 0 Å². The number of hydrogen-bond acceptors (Lipinski definition) is 2. The lowest BCUT2D eigenvalue weighted by molar-refractivity contribution is 0.0505. The van der Waals surface area contributed by atoms with Crippen molar-refractivity contribution in [3.8, 4) is 0 Å². The van der Waals surface area contributed by atoms with Gasteiger partial charge in [0, 0.05) is 6.61 Å². The molecule has 0 heterocycles. The SMILES string of the molecule is CN(C)COCCCC(C)(C)C. The minimum atomic E-state index is 0.446. The Bertz CT molecular complexity index is 105. The summed E-state index contributed by atoms with van der Waals surface area (Å²) in [5, 5.41) is 0. The third kappa shape index (κ3) is 9.92. The lowest BCUT2D eigenvalue weighted by Gasteiger charge is -2.18. The fourth-order valence-corrected chi connectivity index (χ4v) is 0.952. The molecule has 0 saturated heterocycles. The minimum absolute atomic E-state index is 0.446. The average molecular weight is 173 g/mol. The summed E-state index contributed by atoms with van der Waals surface area (Å²) in [7, 11) is 4.04. The van der Waals surface area contributed by atoms with E-state index in [2.05, 4.69) is 20.8 Å². The van der Waals surface area contributed by atoms with Crippen molar-refractivity contribution in [1.29, 1.82) is 0 Å². The maximum absolute atomic E-state index is 5.42. The molecule has 2 nitrogen and oxygen atoms in total. The van der Waals surface area contributed by atoms with Crippen molar-refractivity contribution < 1.29 is 4.74 Å². The van der Waals surface area contributed by atoms with Crippen LogP contribution in [0.2, 0.25) is 0 Å². The normalized spacial score (nSPS) is 12.5. The molecular weight excluding hydrogens is 150 g/mol. The number of hydrogen-bond donors (Lipinski definition) is 0. The monoisotopic (exact) mass is 173 g/mol. The van der Waals surface area contributed by atoms with E-state index >= 15 is 0 Å². The highest BCUT2D eigenvalue weighted by molar-refractivity contribution is 4.60. The molecule has 0 aliphatic carbocycles. The summed E-state index contributed by atoms with van der Waals surface area (Å²) in [5.74, 6) is 0. The molecule has 0 aliphatic rings. The lowest BCUT2D eigenvalue weighted by atomic mass is 9.91. The quantitative estimate of drug-likeness (QED) is 0.467. The van der Waals surface area contributed by atoms with Crippen LogP contribution in [0.5, 0.6) is 0 Å². The number of nitrogens with zero attached hydrogens (tertiary/aromatic N) is 1. The average Bonchev–Trinajstić information content (AvgIpc) is 1.83. The Balaban J connectivity index is 3.12. The Morgan fingerprint density at radius 3 is 2.17 bits per heavy atom. The van der Waals surface area contributed by atoms with Crippen molar-refractivity contribution >= 4 is 0 Å². The van der Waals surface area contributed by atoms with Gasteiger partial charge < -0.3 is 4.74 Å². The van der Waals surface area contributed by atoms with Crippen LogP contribution in [-0.4, -0.2) is 32.3 Å². The van der Waals surface area contributed by atoms with Gasteiger partial charge in [0.05, 0.1) is 6.73 Å². The van der Waals surface area contributed by atoms with Gasteiger partial charge in [-0.2, -0.15) is 0 Å². The highest BCUT2D eigenvalue weighted by Gasteiger charge is 2.08. The molecule has 0 bridgehead atoms. The third-order valence-electron chi connectivity index (χ3n) is 1.56. The summed E-state index contributed by atoms with van der Waals surface area (Å²) in [6.45, 7) is 8.41. The molecular formula is C10H23NO. The van der Waals surface area contributed by atoms with Gasteiger partial charge in [-0.3, -0.25) is 4.90 Å². The van der Waals surface area contributed by atoms with Gasteiger partial charge in [-0.15, -0.1) is 0 Å². The molecule has 0 aliphatic heterocycles. The Morgan fingerprint density at radius 2 is 1.75 bits per heavy atom. The predicted molar refractivity (Wildman–Crippen MR) is 53.2 cm³/mol. The van der Waals surface area contributed by atoms with Gasteiger partial charge >= 0.3 is 0 Å². The molecule has 0 spiro atoms. The van der Waals surface area contributed by atoms with Crippen molar-refractivity contribution in [2.24, 2.45) is 5.41 Å². The first-order valence-corrected chi connectivity index (χ1v) is 4.64. The van der Waals surface area contributed by atoms with Crippen LogP contribution < -0.4 is 0 Å². The first-order chi connectivity index (χ1) is 5.42. The first kappa shape index (κ1) is 11.9. The van der Waals surface area contributed by atoms with Gasteiger partial charge in [-0.1, -0.05) is 20.8 Å². The van der Waals surface area contributed by atoms with Crippen molar-refractivity contribution in [2.75, 3.05) is 27.4 Å². The molecule has 0 atom stereocenters. The van der Waals surface area contributed by atoms with Gasteiger partial charge in [0.15, 0.2) is 0 Å². The summed E-state index contributed by atoms with van der Waals surface area (Å²) < 4.78 is 5.42. The second-order valence-corrected chi connectivity index (χ2v) is 4.78. The fraction of sp³-hybridized carbons (Fsp3) is 1.00. The van der Waals surface area contributed by atoms with E-state index in [0.29, 0.717) is 5.41 Å². The van der Waals surface area contributed by atoms with Crippen LogP contribution in [0, 0.1) is 5.41 Å². The fourth-order valence-electron chi connectivity index (χ4n) is 0.952. The molecule has 2 heteroatoms. The lowest BCUT2D eigenvalue weighted by Crippen LogP contribution is -2.17. The van der Waals surface area contributed by atoms with E-state index in [9.17, 15) is 0 Å². The summed E-state index contributed by atoms with van der Waals surface area (Å²) in [4.78, 5) is 2.04. The highest BCUT2D eigenvalue weighted by atomic mass is 16.5. The van der Waals surface area contributed by atoms with Crippen LogP contribution in [0.1, 0.15) is 33.6 Å². The molecule has 0 amide bonds. The van der Waals surface area contributed by atoms with Crippen LogP contribution >= 0.6 is 0 Å². The number of ether oxygens (including phenoxy) is 1. The van der Waals surface area contributed by atoms with Gasteiger partial charge in [0.1, 0.15) is 0 Å². The molecule has 12 heavy (non-hydrogen) atoms. The molecule has 0 rings (SSSR count). The van der Waals surface area contributed by atoms with Crippen LogP contribution in [0.15, 0.2) is 0 Å². The number of rotatable bonds is 5. The Kier molecular flexibility index (Phi) is 5.51. The third-order valence-corrected chi connectivity index (χ3v) is 1.56. The van der Waals surface area contributed by atoms with Crippen molar-refractivity contribution in [3.05, 3.63) is 0 Å². The first-order valence-electron chi connectivity index (χ1n) is 4.64. The van der Waals surface area contributed by atoms with E-state index in [4.69, 9.17) is 4.74 Å². The Hall–Kier alpha value is -0.0800. The van der Waals surface area contributed by atoms with E-state index < -0.39 is 0 Å². The van der Waals surface area contributed by atoms with E-state index in [0.717, 1.165) is 19.8 Å².